The molecule has 0 aromatic rings. The van der Waals surface area contributed by atoms with Crippen molar-refractivity contribution in [3.63, 3.8) is 0 Å². The van der Waals surface area contributed by atoms with E-state index in [9.17, 15) is 4.79 Å². The van der Waals surface area contributed by atoms with Gasteiger partial charge in [0, 0.05) is 6.04 Å². The topological polar surface area (TPSA) is 38.3 Å². The van der Waals surface area contributed by atoms with Gasteiger partial charge in [-0.25, -0.2) is 4.79 Å². The number of rotatable bonds is 3. The van der Waals surface area contributed by atoms with Gasteiger partial charge in [0.05, 0.1) is 0 Å². The summed E-state index contributed by atoms with van der Waals surface area (Å²) in [5.41, 5.74) is 0.934. The summed E-state index contributed by atoms with van der Waals surface area (Å²) in [5, 5.41) is 2.97. The highest BCUT2D eigenvalue weighted by atomic mass is 16.6. The molecule has 1 rings (SSSR count). The third kappa shape index (κ3) is 5.66. The van der Waals surface area contributed by atoms with Gasteiger partial charge < -0.3 is 10.1 Å². The Bertz CT molecular complexity index is 320. The van der Waals surface area contributed by atoms with Gasteiger partial charge in [0.1, 0.15) is 5.60 Å². The summed E-state index contributed by atoms with van der Waals surface area (Å²) in [7, 11) is 0. The Kier molecular flexibility index (Phi) is 5.45. The third-order valence-corrected chi connectivity index (χ3v) is 3.71. The van der Waals surface area contributed by atoms with E-state index >= 15 is 0 Å². The van der Waals surface area contributed by atoms with Crippen LogP contribution in [0.2, 0.25) is 0 Å². The van der Waals surface area contributed by atoms with Crippen molar-refractivity contribution in [1.29, 1.82) is 0 Å². The smallest absolute Gasteiger partial charge is 0.407 e. The molecular weight excluding hydrogens is 238 g/mol. The molecule has 0 aromatic heterocycles. The minimum atomic E-state index is -0.423. The van der Waals surface area contributed by atoms with Gasteiger partial charge >= 0.3 is 6.09 Å². The first-order chi connectivity index (χ1) is 8.69. The molecular formula is C16H29NO2. The lowest BCUT2D eigenvalue weighted by Crippen LogP contribution is -2.41. The second-order valence-electron chi connectivity index (χ2n) is 6.92. The number of nitrogens with one attached hydrogen (secondary N) is 1. The van der Waals surface area contributed by atoms with Crippen LogP contribution in [0.5, 0.6) is 0 Å². The zero-order valence-electron chi connectivity index (χ0n) is 13.1. The van der Waals surface area contributed by atoms with E-state index in [1.165, 1.54) is 5.57 Å². The van der Waals surface area contributed by atoms with Crippen LogP contribution < -0.4 is 5.32 Å². The van der Waals surface area contributed by atoms with Gasteiger partial charge in [-0.15, -0.1) is 0 Å². The summed E-state index contributed by atoms with van der Waals surface area (Å²) >= 11 is 0. The zero-order valence-corrected chi connectivity index (χ0v) is 13.1. The Morgan fingerprint density at radius 3 is 2.16 bits per heavy atom. The van der Waals surface area contributed by atoms with Crippen LogP contribution in [0.1, 0.15) is 60.3 Å². The number of hydrogen-bond donors (Lipinski definition) is 1. The molecule has 0 unspecified atom stereocenters. The second-order valence-corrected chi connectivity index (χ2v) is 6.92. The summed E-state index contributed by atoms with van der Waals surface area (Å²) in [4.78, 5) is 11.7. The Morgan fingerprint density at radius 1 is 1.21 bits per heavy atom. The highest BCUT2D eigenvalue weighted by molar-refractivity contribution is 5.68. The molecule has 110 valence electrons. The van der Waals surface area contributed by atoms with E-state index in [0.717, 1.165) is 25.7 Å². The summed E-state index contributed by atoms with van der Waals surface area (Å²) in [6, 6.07) is 0.256. The molecule has 0 aromatic carbocycles. The van der Waals surface area contributed by atoms with Crippen molar-refractivity contribution in [2.24, 2.45) is 11.8 Å². The highest BCUT2D eigenvalue weighted by Crippen LogP contribution is 2.32. The van der Waals surface area contributed by atoms with Crippen molar-refractivity contribution >= 4 is 6.09 Å². The van der Waals surface area contributed by atoms with Crippen molar-refractivity contribution < 1.29 is 9.53 Å². The largest absolute Gasteiger partial charge is 0.444 e. The number of ether oxygens (including phenoxy) is 1. The molecule has 0 atom stereocenters. The number of carbonyl (C=O) groups is 1. The maximum atomic E-state index is 11.7. The standard InChI is InChI=1S/C16H29NO2/c1-11(2)12(3)13-7-9-14(10-8-13)17-15(18)19-16(4,5)6/h11,13-14H,3,7-10H2,1-2,4-6H3,(H,17,18). The molecule has 19 heavy (non-hydrogen) atoms. The van der Waals surface area contributed by atoms with Crippen LogP contribution in [0.4, 0.5) is 4.79 Å². The number of amides is 1. The maximum absolute atomic E-state index is 11.7. The van der Waals surface area contributed by atoms with Gasteiger partial charge in [-0.2, -0.15) is 0 Å². The van der Waals surface area contributed by atoms with Crippen LogP contribution >= 0.6 is 0 Å². The molecule has 0 spiro atoms. The first-order valence-corrected chi connectivity index (χ1v) is 7.37. The zero-order chi connectivity index (χ0) is 14.6. The van der Waals surface area contributed by atoms with Crippen LogP contribution in [-0.4, -0.2) is 17.7 Å². The number of hydrogen-bond acceptors (Lipinski definition) is 2. The Morgan fingerprint density at radius 2 is 1.74 bits per heavy atom. The fourth-order valence-corrected chi connectivity index (χ4v) is 2.55. The Hall–Kier alpha value is -0.990. The van der Waals surface area contributed by atoms with E-state index in [1.54, 1.807) is 0 Å². The summed E-state index contributed by atoms with van der Waals surface area (Å²) in [6.45, 7) is 14.3. The molecule has 0 saturated heterocycles. The van der Waals surface area contributed by atoms with Crippen molar-refractivity contribution in [1.82, 2.24) is 5.32 Å². The quantitative estimate of drug-likeness (QED) is 0.775. The predicted octanol–water partition coefficient (Wildman–Crippen LogP) is 4.28. The highest BCUT2D eigenvalue weighted by Gasteiger charge is 2.26. The van der Waals surface area contributed by atoms with E-state index in [0.29, 0.717) is 11.8 Å². The molecule has 1 saturated carbocycles. The number of carbonyl (C=O) groups excluding carboxylic acids is 1. The Labute approximate surface area is 117 Å². The minimum absolute atomic E-state index is 0.256. The van der Waals surface area contributed by atoms with Crippen molar-refractivity contribution in [3.05, 3.63) is 12.2 Å². The molecule has 3 nitrogen and oxygen atoms in total. The van der Waals surface area contributed by atoms with Crippen LogP contribution in [0.3, 0.4) is 0 Å². The van der Waals surface area contributed by atoms with Gasteiger partial charge in [-0.1, -0.05) is 26.0 Å². The van der Waals surface area contributed by atoms with Gasteiger partial charge in [0.15, 0.2) is 0 Å². The van der Waals surface area contributed by atoms with Crippen LogP contribution in [-0.2, 0) is 4.74 Å². The number of alkyl carbamates (subject to hydrolysis) is 1. The van der Waals surface area contributed by atoms with Crippen molar-refractivity contribution in [3.8, 4) is 0 Å². The molecule has 0 bridgehead atoms. The fraction of sp³-hybridized carbons (Fsp3) is 0.812. The monoisotopic (exact) mass is 267 g/mol. The molecule has 1 aliphatic rings. The van der Waals surface area contributed by atoms with E-state index in [-0.39, 0.29) is 12.1 Å². The molecule has 3 heteroatoms. The lowest BCUT2D eigenvalue weighted by molar-refractivity contribution is 0.0489. The summed E-state index contributed by atoms with van der Waals surface area (Å²) in [5.74, 6) is 1.18. The van der Waals surface area contributed by atoms with Crippen LogP contribution in [0, 0.1) is 11.8 Å². The van der Waals surface area contributed by atoms with Gasteiger partial charge in [0.2, 0.25) is 0 Å². The first kappa shape index (κ1) is 16.1. The summed E-state index contributed by atoms with van der Waals surface area (Å²) in [6.07, 6.45) is 4.00. The average Bonchev–Trinajstić information content (AvgIpc) is 2.26. The summed E-state index contributed by atoms with van der Waals surface area (Å²) < 4.78 is 5.29. The molecule has 1 N–H and O–H groups in total. The molecule has 0 aliphatic heterocycles. The maximum Gasteiger partial charge on any atom is 0.407 e. The number of allylic oxidation sites excluding steroid dienone is 1. The minimum Gasteiger partial charge on any atom is -0.444 e. The molecule has 1 fully saturated rings. The second kappa shape index (κ2) is 6.44. The van der Waals surface area contributed by atoms with Gasteiger partial charge in [-0.3, -0.25) is 0 Å². The fourth-order valence-electron chi connectivity index (χ4n) is 2.55. The van der Waals surface area contributed by atoms with Crippen LogP contribution in [0.15, 0.2) is 12.2 Å². The Balaban J connectivity index is 2.34. The lowest BCUT2D eigenvalue weighted by Gasteiger charge is -2.32. The van der Waals surface area contributed by atoms with Gasteiger partial charge in [0.25, 0.3) is 0 Å². The van der Waals surface area contributed by atoms with E-state index in [2.05, 4.69) is 25.7 Å². The van der Waals surface area contributed by atoms with E-state index < -0.39 is 5.60 Å². The normalized spacial score (nSPS) is 24.1. The van der Waals surface area contributed by atoms with E-state index in [4.69, 9.17) is 4.74 Å². The van der Waals surface area contributed by atoms with E-state index in [1.807, 2.05) is 20.8 Å². The van der Waals surface area contributed by atoms with Crippen molar-refractivity contribution in [2.75, 3.05) is 0 Å². The molecule has 1 aliphatic carbocycles. The molecule has 0 radical (unpaired) electrons. The predicted molar refractivity (Wildman–Crippen MR) is 79.1 cm³/mol. The third-order valence-electron chi connectivity index (χ3n) is 3.71. The lowest BCUT2D eigenvalue weighted by atomic mass is 9.78. The first-order valence-electron chi connectivity index (χ1n) is 7.37. The average molecular weight is 267 g/mol. The molecule has 0 heterocycles. The van der Waals surface area contributed by atoms with Crippen LogP contribution in [0.25, 0.3) is 0 Å². The SMILES string of the molecule is C=C(C(C)C)C1CCC(NC(=O)OC(C)(C)C)CC1. The van der Waals surface area contributed by atoms with Gasteiger partial charge in [-0.05, 0) is 58.3 Å². The van der Waals surface area contributed by atoms with Crippen molar-refractivity contribution in [2.45, 2.75) is 71.9 Å². The molecule has 1 amide bonds.